The van der Waals surface area contributed by atoms with E-state index in [1.807, 2.05) is 24.6 Å². The molecule has 8 heteroatoms. The number of H-pyrrole nitrogens is 1. The Kier molecular flexibility index (Phi) is 5.68. The minimum absolute atomic E-state index is 0.297. The molecule has 1 aliphatic rings. The van der Waals surface area contributed by atoms with Crippen LogP contribution in [-0.4, -0.2) is 64.8 Å². The van der Waals surface area contributed by atoms with Crippen LogP contribution in [0, 0.1) is 13.8 Å². The van der Waals surface area contributed by atoms with Gasteiger partial charge in [0.2, 0.25) is 0 Å². The minimum Gasteiger partial charge on any atom is -0.389 e. The van der Waals surface area contributed by atoms with Crippen LogP contribution in [0.5, 0.6) is 0 Å². The predicted molar refractivity (Wildman–Crippen MR) is 134 cm³/mol. The van der Waals surface area contributed by atoms with Crippen molar-refractivity contribution < 1.29 is 5.11 Å². The molecule has 0 unspecified atom stereocenters. The van der Waals surface area contributed by atoms with Crippen LogP contribution in [0.15, 0.2) is 18.7 Å². The normalized spacial score (nSPS) is 16.4. The Morgan fingerprint density at radius 2 is 1.88 bits per heavy atom. The lowest BCUT2D eigenvalue weighted by Crippen LogP contribution is -2.42. The van der Waals surface area contributed by atoms with Crippen molar-refractivity contribution in [3.8, 4) is 11.3 Å². The average molecular weight is 462 g/mol. The van der Waals surface area contributed by atoms with Gasteiger partial charge in [-0.15, -0.1) is 0 Å². The molecule has 1 fully saturated rings. The van der Waals surface area contributed by atoms with Gasteiger partial charge in [0.15, 0.2) is 5.65 Å². The summed E-state index contributed by atoms with van der Waals surface area (Å²) in [6, 6.07) is 0. The van der Waals surface area contributed by atoms with Crippen LogP contribution in [0.4, 0.5) is 0 Å². The second-order valence-electron chi connectivity index (χ2n) is 10.7. The van der Waals surface area contributed by atoms with E-state index >= 15 is 0 Å². The largest absolute Gasteiger partial charge is 0.389 e. The van der Waals surface area contributed by atoms with Crippen LogP contribution >= 0.6 is 0 Å². The highest BCUT2D eigenvalue weighted by Gasteiger charge is 2.27. The molecule has 5 heterocycles. The number of fused-ring (bicyclic) bond motifs is 2. The summed E-state index contributed by atoms with van der Waals surface area (Å²) in [5, 5.41) is 14.5. The van der Waals surface area contributed by atoms with Crippen LogP contribution in [-0.2, 0) is 0 Å². The van der Waals surface area contributed by atoms with Gasteiger partial charge < -0.3 is 15.0 Å². The summed E-state index contributed by atoms with van der Waals surface area (Å²) in [4.78, 5) is 20.3. The van der Waals surface area contributed by atoms with Gasteiger partial charge in [0, 0.05) is 29.8 Å². The zero-order valence-corrected chi connectivity index (χ0v) is 21.1. The quantitative estimate of drug-likeness (QED) is 0.459. The number of hydrogen-bond donors (Lipinski definition) is 2. The first-order valence-corrected chi connectivity index (χ1v) is 12.3. The van der Waals surface area contributed by atoms with E-state index in [9.17, 15) is 5.11 Å². The molecule has 0 atom stereocenters. The Balaban J connectivity index is 1.52. The Bertz CT molecular complexity index is 1340. The molecule has 0 radical (unpaired) electrons. The summed E-state index contributed by atoms with van der Waals surface area (Å²) in [6.45, 7) is 15.1. The van der Waals surface area contributed by atoms with E-state index in [0.29, 0.717) is 18.4 Å². The van der Waals surface area contributed by atoms with Crippen molar-refractivity contribution in [2.45, 2.75) is 71.8 Å². The number of β-amino-alcohol motifs (C(OH)–C–C–N with tert-alkyl or cyclic N) is 1. The first-order chi connectivity index (χ1) is 16.1. The van der Waals surface area contributed by atoms with Gasteiger partial charge >= 0.3 is 0 Å². The number of aromatic nitrogens is 6. The zero-order valence-electron chi connectivity index (χ0n) is 21.1. The third-order valence-electron chi connectivity index (χ3n) is 7.13. The number of piperidine rings is 1. The maximum Gasteiger partial charge on any atom is 0.158 e. The number of aliphatic hydroxyl groups is 1. The summed E-state index contributed by atoms with van der Waals surface area (Å²) in [7, 11) is 0. The van der Waals surface area contributed by atoms with Crippen molar-refractivity contribution in [1.82, 2.24) is 34.4 Å². The van der Waals surface area contributed by atoms with E-state index in [-0.39, 0.29) is 0 Å². The van der Waals surface area contributed by atoms with E-state index in [4.69, 9.17) is 9.97 Å². The summed E-state index contributed by atoms with van der Waals surface area (Å²) in [5.74, 6) is 1.57. The molecule has 1 saturated heterocycles. The molecule has 34 heavy (non-hydrogen) atoms. The fraction of sp³-hybridized carbons (Fsp3) is 0.538. The molecule has 1 aliphatic heterocycles. The van der Waals surface area contributed by atoms with Gasteiger partial charge in [0.05, 0.1) is 28.5 Å². The summed E-state index contributed by atoms with van der Waals surface area (Å²) >= 11 is 0. The number of nitrogens with one attached hydrogen (secondary N) is 1. The van der Waals surface area contributed by atoms with Gasteiger partial charge in [0.1, 0.15) is 12.2 Å². The van der Waals surface area contributed by atoms with Crippen molar-refractivity contribution in [3.63, 3.8) is 0 Å². The van der Waals surface area contributed by atoms with E-state index in [1.54, 1.807) is 6.33 Å². The fourth-order valence-corrected chi connectivity index (χ4v) is 5.33. The highest BCUT2D eigenvalue weighted by molar-refractivity contribution is 5.89. The monoisotopic (exact) mass is 461 g/mol. The SMILES string of the molecule is Cc1c(-c2[nH]c3cnc(C4CCN(CC(C)(C)O)CC4)nc3c2C(C)C)cn2ncnc2c1C. The number of rotatable bonds is 5. The second-order valence-corrected chi connectivity index (χ2v) is 10.7. The van der Waals surface area contributed by atoms with E-state index in [2.05, 4.69) is 53.9 Å². The van der Waals surface area contributed by atoms with Crippen molar-refractivity contribution in [1.29, 1.82) is 0 Å². The molecule has 5 rings (SSSR count). The molecule has 0 saturated carbocycles. The molecule has 8 nitrogen and oxygen atoms in total. The lowest BCUT2D eigenvalue weighted by Gasteiger charge is -2.34. The van der Waals surface area contributed by atoms with Gasteiger partial charge in [-0.25, -0.2) is 19.5 Å². The topological polar surface area (TPSA) is 95.2 Å². The highest BCUT2D eigenvalue weighted by Crippen LogP contribution is 2.38. The van der Waals surface area contributed by atoms with E-state index < -0.39 is 5.60 Å². The first kappa shape index (κ1) is 22.9. The van der Waals surface area contributed by atoms with Crippen LogP contribution < -0.4 is 0 Å². The van der Waals surface area contributed by atoms with Crippen molar-refractivity contribution >= 4 is 16.7 Å². The summed E-state index contributed by atoms with van der Waals surface area (Å²) in [5.41, 5.74) is 7.98. The predicted octanol–water partition coefficient (Wildman–Crippen LogP) is 4.36. The van der Waals surface area contributed by atoms with Gasteiger partial charge in [-0.05, 0) is 70.7 Å². The molecule has 2 N–H and O–H groups in total. The molecule has 4 aromatic heterocycles. The first-order valence-electron chi connectivity index (χ1n) is 12.3. The number of aromatic amines is 1. The maximum atomic E-state index is 10.2. The van der Waals surface area contributed by atoms with Crippen molar-refractivity contribution in [2.75, 3.05) is 19.6 Å². The summed E-state index contributed by atoms with van der Waals surface area (Å²) in [6.07, 6.45) is 7.64. The average Bonchev–Trinajstić information content (AvgIpc) is 3.39. The molecular formula is C26H35N7O. The lowest BCUT2D eigenvalue weighted by atomic mass is 9.94. The molecule has 0 bridgehead atoms. The molecular weight excluding hydrogens is 426 g/mol. The number of nitrogens with zero attached hydrogens (tertiary/aromatic N) is 6. The van der Waals surface area contributed by atoms with Gasteiger partial charge in [0.25, 0.3) is 0 Å². The number of hydrogen-bond acceptors (Lipinski definition) is 6. The molecule has 0 aliphatic carbocycles. The molecule has 180 valence electrons. The Morgan fingerprint density at radius 1 is 1.15 bits per heavy atom. The number of pyridine rings is 1. The van der Waals surface area contributed by atoms with Gasteiger partial charge in [-0.3, -0.25) is 0 Å². The zero-order chi connectivity index (χ0) is 24.2. The van der Waals surface area contributed by atoms with Crippen LogP contribution in [0.2, 0.25) is 0 Å². The fourth-order valence-electron chi connectivity index (χ4n) is 5.33. The molecule has 0 spiro atoms. The van der Waals surface area contributed by atoms with Crippen LogP contribution in [0.1, 0.15) is 74.9 Å². The van der Waals surface area contributed by atoms with E-state index in [1.165, 1.54) is 11.1 Å². The molecule has 0 aromatic carbocycles. The smallest absolute Gasteiger partial charge is 0.158 e. The third kappa shape index (κ3) is 4.09. The van der Waals surface area contributed by atoms with Gasteiger partial charge in [-0.1, -0.05) is 13.8 Å². The Morgan fingerprint density at radius 3 is 2.56 bits per heavy atom. The molecule has 0 amide bonds. The van der Waals surface area contributed by atoms with Crippen molar-refractivity contribution in [2.24, 2.45) is 0 Å². The number of aryl methyl sites for hydroxylation is 1. The summed E-state index contributed by atoms with van der Waals surface area (Å²) < 4.78 is 1.85. The second kappa shape index (κ2) is 8.43. The van der Waals surface area contributed by atoms with Crippen LogP contribution in [0.25, 0.3) is 27.9 Å². The van der Waals surface area contributed by atoms with E-state index in [0.717, 1.165) is 65.3 Å². The Hall–Kier alpha value is -2.84. The number of likely N-dealkylation sites (tertiary alicyclic amines) is 1. The van der Waals surface area contributed by atoms with Gasteiger partial charge in [-0.2, -0.15) is 5.10 Å². The highest BCUT2D eigenvalue weighted by atomic mass is 16.3. The minimum atomic E-state index is -0.665. The van der Waals surface area contributed by atoms with Crippen LogP contribution in [0.3, 0.4) is 0 Å². The lowest BCUT2D eigenvalue weighted by molar-refractivity contribution is 0.0279. The van der Waals surface area contributed by atoms with Crippen molar-refractivity contribution in [3.05, 3.63) is 41.2 Å². The third-order valence-corrected chi connectivity index (χ3v) is 7.13. The standard InChI is InChI=1S/C26H35N7O/c1-15(2)21-22(19-12-33-25(28-14-29-33)17(4)16(19)3)30-20-11-27-24(31-23(20)21)18-7-9-32(10-8-18)13-26(5,6)34/h11-12,14-15,18,30,34H,7-10,13H2,1-6H3. The molecule has 4 aromatic rings. The Labute approximate surface area is 200 Å². The maximum absolute atomic E-state index is 10.2.